The Hall–Kier alpha value is -2.16. The molecule has 0 fully saturated rings. The predicted octanol–water partition coefficient (Wildman–Crippen LogP) is 3.94. The van der Waals surface area contributed by atoms with Crippen LogP contribution < -0.4 is 4.80 Å². The van der Waals surface area contributed by atoms with E-state index in [0.29, 0.717) is 10.9 Å². The highest BCUT2D eigenvalue weighted by Gasteiger charge is 2.17. The molecule has 3 aromatic rings. The fourth-order valence-electron chi connectivity index (χ4n) is 2.63. The molecule has 28 heavy (non-hydrogen) atoms. The standard InChI is InChI=1S/C19H19ClN2O4S2/c1-12(2)13-4-9-16-17(10-13)27-19(22(16)11-18(23)26-3)21-28(24,25)15-7-5-14(20)6-8-15/h4-10,12H,11H2,1-3H3/b21-19-. The minimum atomic E-state index is -3.97. The molecule has 0 unspecified atom stereocenters. The third-order valence-corrected chi connectivity index (χ3v) is 6.89. The van der Waals surface area contributed by atoms with Crippen molar-refractivity contribution in [1.29, 1.82) is 0 Å². The van der Waals surface area contributed by atoms with Gasteiger partial charge >= 0.3 is 5.97 Å². The highest BCUT2D eigenvalue weighted by Crippen LogP contribution is 2.24. The summed E-state index contributed by atoms with van der Waals surface area (Å²) in [4.78, 5) is 12.1. The molecule has 148 valence electrons. The van der Waals surface area contributed by atoms with Crippen LogP contribution in [0.3, 0.4) is 0 Å². The van der Waals surface area contributed by atoms with Crippen LogP contribution in [-0.4, -0.2) is 26.1 Å². The van der Waals surface area contributed by atoms with Crippen molar-refractivity contribution in [3.05, 3.63) is 57.9 Å². The number of halogens is 1. The number of benzene rings is 2. The second-order valence-electron chi connectivity index (χ2n) is 6.45. The van der Waals surface area contributed by atoms with Gasteiger partial charge in [0.2, 0.25) is 4.80 Å². The van der Waals surface area contributed by atoms with Gasteiger partial charge in [0.1, 0.15) is 6.54 Å². The highest BCUT2D eigenvalue weighted by atomic mass is 35.5. The normalized spacial score (nSPS) is 12.7. The summed E-state index contributed by atoms with van der Waals surface area (Å²) in [5.74, 6) is -0.170. The van der Waals surface area contributed by atoms with Crippen molar-refractivity contribution < 1.29 is 17.9 Å². The van der Waals surface area contributed by atoms with Gasteiger partial charge in [-0.1, -0.05) is 42.9 Å². The number of hydrogen-bond acceptors (Lipinski definition) is 5. The molecule has 2 aromatic carbocycles. The Morgan fingerprint density at radius 3 is 2.50 bits per heavy atom. The smallest absolute Gasteiger partial charge is 0.325 e. The zero-order valence-electron chi connectivity index (χ0n) is 15.5. The van der Waals surface area contributed by atoms with Gasteiger partial charge in [-0.2, -0.15) is 8.42 Å². The average Bonchev–Trinajstić information content (AvgIpc) is 2.97. The molecule has 0 aliphatic heterocycles. The Bertz CT molecular complexity index is 1190. The molecule has 3 rings (SSSR count). The SMILES string of the molecule is COC(=O)Cn1/c(=N/S(=O)(=O)c2ccc(Cl)cc2)sc2cc(C(C)C)ccc21. The fourth-order valence-corrected chi connectivity index (χ4v) is 5.03. The Morgan fingerprint density at radius 1 is 1.21 bits per heavy atom. The van der Waals surface area contributed by atoms with Gasteiger partial charge in [0.05, 0.1) is 22.2 Å². The minimum Gasteiger partial charge on any atom is -0.468 e. The van der Waals surface area contributed by atoms with Crippen LogP contribution in [0.25, 0.3) is 10.2 Å². The fraction of sp³-hybridized carbons (Fsp3) is 0.263. The lowest BCUT2D eigenvalue weighted by atomic mass is 10.0. The van der Waals surface area contributed by atoms with Gasteiger partial charge in [-0.15, -0.1) is 4.40 Å². The molecule has 0 saturated heterocycles. The number of carbonyl (C=O) groups excluding carboxylic acids is 1. The minimum absolute atomic E-state index is 0.0295. The molecule has 0 bridgehead atoms. The average molecular weight is 439 g/mol. The largest absolute Gasteiger partial charge is 0.468 e. The number of rotatable bonds is 5. The monoisotopic (exact) mass is 438 g/mol. The summed E-state index contributed by atoms with van der Waals surface area (Å²) in [6.07, 6.45) is 0. The van der Waals surface area contributed by atoms with Crippen LogP contribution >= 0.6 is 22.9 Å². The van der Waals surface area contributed by atoms with Crippen LogP contribution in [0.4, 0.5) is 0 Å². The number of methoxy groups -OCH3 is 1. The summed E-state index contributed by atoms with van der Waals surface area (Å²) in [5, 5.41) is 0.433. The van der Waals surface area contributed by atoms with Crippen molar-refractivity contribution in [2.75, 3.05) is 7.11 Å². The number of nitrogens with zero attached hydrogens (tertiary/aromatic N) is 2. The van der Waals surface area contributed by atoms with Crippen LogP contribution in [-0.2, 0) is 26.1 Å². The van der Waals surface area contributed by atoms with Gasteiger partial charge in [-0.05, 0) is 47.9 Å². The van der Waals surface area contributed by atoms with E-state index < -0.39 is 16.0 Å². The molecule has 0 atom stereocenters. The Kier molecular flexibility index (Phi) is 5.92. The molecule has 0 spiro atoms. The van der Waals surface area contributed by atoms with Crippen molar-refractivity contribution in [2.24, 2.45) is 4.40 Å². The first-order valence-corrected chi connectivity index (χ1v) is 11.1. The van der Waals surface area contributed by atoms with E-state index in [9.17, 15) is 13.2 Å². The molecule has 0 aliphatic rings. The zero-order valence-corrected chi connectivity index (χ0v) is 17.9. The van der Waals surface area contributed by atoms with E-state index in [1.807, 2.05) is 18.2 Å². The van der Waals surface area contributed by atoms with Crippen molar-refractivity contribution in [2.45, 2.75) is 31.2 Å². The number of hydrogen-bond donors (Lipinski definition) is 0. The molecule has 0 aliphatic carbocycles. The van der Waals surface area contributed by atoms with E-state index in [2.05, 4.69) is 18.2 Å². The van der Waals surface area contributed by atoms with Gasteiger partial charge in [-0.3, -0.25) is 4.79 Å². The van der Waals surface area contributed by atoms with Gasteiger partial charge in [0, 0.05) is 5.02 Å². The van der Waals surface area contributed by atoms with E-state index in [-0.39, 0.29) is 16.2 Å². The van der Waals surface area contributed by atoms with E-state index in [1.54, 1.807) is 4.57 Å². The third kappa shape index (κ3) is 4.29. The first kappa shape index (κ1) is 20.6. The van der Waals surface area contributed by atoms with Gasteiger partial charge in [-0.25, -0.2) is 0 Å². The van der Waals surface area contributed by atoms with E-state index >= 15 is 0 Å². The molecular formula is C19H19ClN2O4S2. The number of esters is 1. The molecule has 9 heteroatoms. The molecule has 6 nitrogen and oxygen atoms in total. The number of aromatic nitrogens is 1. The summed E-state index contributed by atoms with van der Waals surface area (Å²) in [6, 6.07) is 11.6. The number of ether oxygens (including phenoxy) is 1. The van der Waals surface area contributed by atoms with Gasteiger partial charge in [0.25, 0.3) is 10.0 Å². The van der Waals surface area contributed by atoms with Crippen LogP contribution in [0.2, 0.25) is 5.02 Å². The summed E-state index contributed by atoms with van der Waals surface area (Å²) in [6.45, 7) is 4.02. The maximum absolute atomic E-state index is 12.7. The molecule has 0 N–H and O–H groups in total. The first-order valence-electron chi connectivity index (χ1n) is 8.48. The van der Waals surface area contributed by atoms with Crippen molar-refractivity contribution >= 4 is 49.1 Å². The third-order valence-electron chi connectivity index (χ3n) is 4.20. The molecule has 0 radical (unpaired) electrons. The Balaban J connectivity index is 2.22. The number of carbonyl (C=O) groups is 1. The van der Waals surface area contributed by atoms with E-state index in [1.165, 1.54) is 42.7 Å². The van der Waals surface area contributed by atoms with Crippen molar-refractivity contribution in [3.8, 4) is 0 Å². The number of thiazole rings is 1. The zero-order chi connectivity index (χ0) is 20.5. The lowest BCUT2D eigenvalue weighted by molar-refractivity contribution is -0.141. The van der Waals surface area contributed by atoms with Crippen LogP contribution in [0, 0.1) is 0 Å². The van der Waals surface area contributed by atoms with E-state index in [0.717, 1.165) is 15.8 Å². The summed E-state index contributed by atoms with van der Waals surface area (Å²) >= 11 is 7.05. The lowest BCUT2D eigenvalue weighted by Gasteiger charge is -2.06. The molecule has 1 aromatic heterocycles. The maximum Gasteiger partial charge on any atom is 0.325 e. The Morgan fingerprint density at radius 2 is 1.89 bits per heavy atom. The summed E-state index contributed by atoms with van der Waals surface area (Å²) in [7, 11) is -2.68. The van der Waals surface area contributed by atoms with Crippen molar-refractivity contribution in [1.82, 2.24) is 4.57 Å². The lowest BCUT2D eigenvalue weighted by Crippen LogP contribution is -2.22. The van der Waals surface area contributed by atoms with Gasteiger partial charge < -0.3 is 9.30 Å². The van der Waals surface area contributed by atoms with Crippen LogP contribution in [0.15, 0.2) is 51.8 Å². The second-order valence-corrected chi connectivity index (χ2v) is 9.50. The van der Waals surface area contributed by atoms with Crippen molar-refractivity contribution in [3.63, 3.8) is 0 Å². The quantitative estimate of drug-likeness (QED) is 0.565. The summed E-state index contributed by atoms with van der Waals surface area (Å²) < 4.78 is 36.6. The van der Waals surface area contributed by atoms with Gasteiger partial charge in [0.15, 0.2) is 0 Å². The molecule has 0 saturated carbocycles. The van der Waals surface area contributed by atoms with Crippen LogP contribution in [0.1, 0.15) is 25.3 Å². The first-order chi connectivity index (χ1) is 13.2. The second kappa shape index (κ2) is 8.06. The predicted molar refractivity (Wildman–Crippen MR) is 110 cm³/mol. The maximum atomic E-state index is 12.7. The van der Waals surface area contributed by atoms with Crippen LogP contribution in [0.5, 0.6) is 0 Å². The molecule has 1 heterocycles. The summed E-state index contributed by atoms with van der Waals surface area (Å²) in [5.41, 5.74) is 1.84. The molecular weight excluding hydrogens is 420 g/mol. The number of fused-ring (bicyclic) bond motifs is 1. The number of sulfonamides is 1. The Labute approximate surface area is 172 Å². The topological polar surface area (TPSA) is 77.7 Å². The highest BCUT2D eigenvalue weighted by molar-refractivity contribution is 7.90. The van der Waals surface area contributed by atoms with E-state index in [4.69, 9.17) is 16.3 Å². The molecule has 0 amide bonds.